The van der Waals surface area contributed by atoms with Gasteiger partial charge in [0.05, 0.1) is 13.1 Å². The largest absolute Gasteiger partial charge is 0.385 e. The van der Waals surface area contributed by atoms with Crippen molar-refractivity contribution in [1.29, 1.82) is 0 Å². The van der Waals surface area contributed by atoms with Gasteiger partial charge in [0.2, 0.25) is 0 Å². The number of azo groups is 1. The molecule has 4 N–H and O–H groups in total. The van der Waals surface area contributed by atoms with Gasteiger partial charge in [0.15, 0.2) is 0 Å². The predicted molar refractivity (Wildman–Crippen MR) is 104 cm³/mol. The van der Waals surface area contributed by atoms with Crippen LogP contribution in [0.15, 0.2) is 45.5 Å². The Hall–Kier alpha value is -1.28. The lowest BCUT2D eigenvalue weighted by Gasteiger charge is -2.22. The fraction of sp³-hybridized carbons (Fsp3) is 0.571. The van der Waals surface area contributed by atoms with E-state index in [2.05, 4.69) is 56.7 Å². The summed E-state index contributed by atoms with van der Waals surface area (Å²) in [5, 5.41) is 8.52. The zero-order valence-electron chi connectivity index (χ0n) is 13.8. The van der Waals surface area contributed by atoms with Crippen LogP contribution in [-0.4, -0.2) is 35.8 Å². The van der Waals surface area contributed by atoms with Crippen LogP contribution in [-0.2, 0) is 0 Å². The van der Waals surface area contributed by atoms with Crippen LogP contribution in [0.2, 0.25) is 0 Å². The standard InChI is InChI=1S/C14H26N6.H2S2/c1-7-9-17-11(15)13(3,4)19-20-14(5,6)12(16)18-10-8-2;1-2/h7-8H,1-2,9-10H2,3-6H3,(H2,15,17)(H2,16,18);1-2H. The Morgan fingerprint density at radius 2 is 1.14 bits per heavy atom. The highest BCUT2D eigenvalue weighted by Gasteiger charge is 2.26. The van der Waals surface area contributed by atoms with Crippen LogP contribution in [0.5, 0.6) is 0 Å². The molecule has 0 aliphatic rings. The van der Waals surface area contributed by atoms with Gasteiger partial charge in [-0.1, -0.05) is 12.2 Å². The molecule has 6 nitrogen and oxygen atoms in total. The molecule has 0 saturated carbocycles. The molecule has 0 bridgehead atoms. The molecule has 0 rings (SSSR count). The average Bonchev–Trinajstić information content (AvgIpc) is 2.50. The predicted octanol–water partition coefficient (Wildman–Crippen LogP) is 2.84. The molecule has 0 saturated heterocycles. The topological polar surface area (TPSA) is 101 Å². The van der Waals surface area contributed by atoms with E-state index in [0.29, 0.717) is 24.8 Å². The molecule has 8 heteroatoms. The third-order valence-corrected chi connectivity index (χ3v) is 2.59. The maximum Gasteiger partial charge on any atom is 0.132 e. The number of thiol groups is 2. The van der Waals surface area contributed by atoms with Gasteiger partial charge in [-0.05, 0) is 27.7 Å². The van der Waals surface area contributed by atoms with E-state index in [1.54, 1.807) is 12.2 Å². The summed E-state index contributed by atoms with van der Waals surface area (Å²) in [5.74, 6) is 0.803. The summed E-state index contributed by atoms with van der Waals surface area (Å²) in [6.45, 7) is 15.5. The highest BCUT2D eigenvalue weighted by atomic mass is 33.1. The highest BCUT2D eigenvalue weighted by Crippen LogP contribution is 2.16. The lowest BCUT2D eigenvalue weighted by Crippen LogP contribution is -2.40. The Balaban J connectivity index is 0. The number of nitrogens with zero attached hydrogens (tertiary/aromatic N) is 4. The van der Waals surface area contributed by atoms with Crippen molar-refractivity contribution in [2.75, 3.05) is 13.1 Å². The molecule has 0 radical (unpaired) electrons. The molecule has 126 valence electrons. The SMILES string of the molecule is C=CCN=C(N)C(C)(C)N=NC(C)(C)C(N)=NCC=C.SS. The maximum atomic E-state index is 5.90. The Labute approximate surface area is 144 Å². The van der Waals surface area contributed by atoms with Gasteiger partial charge < -0.3 is 11.5 Å². The first-order valence-electron chi connectivity index (χ1n) is 6.64. The summed E-state index contributed by atoms with van der Waals surface area (Å²) < 4.78 is 0. The number of nitrogens with two attached hydrogens (primary N) is 2. The van der Waals surface area contributed by atoms with E-state index in [4.69, 9.17) is 11.5 Å². The van der Waals surface area contributed by atoms with Gasteiger partial charge in [0, 0.05) is 0 Å². The van der Waals surface area contributed by atoms with Gasteiger partial charge in [-0.15, -0.1) is 36.5 Å². The summed E-state index contributed by atoms with van der Waals surface area (Å²) >= 11 is 6.44. The van der Waals surface area contributed by atoms with Crippen LogP contribution in [0.1, 0.15) is 27.7 Å². The van der Waals surface area contributed by atoms with E-state index in [1.165, 1.54) is 0 Å². The quantitative estimate of drug-likeness (QED) is 0.136. The molecule has 0 atom stereocenters. The van der Waals surface area contributed by atoms with Crippen LogP contribution < -0.4 is 11.5 Å². The molecule has 0 amide bonds. The summed E-state index contributed by atoms with van der Waals surface area (Å²) in [6.07, 6.45) is 3.34. The Bertz CT molecular complexity index is 399. The van der Waals surface area contributed by atoms with Crippen LogP contribution in [0, 0.1) is 0 Å². The molecular formula is C14H28N6S2. The van der Waals surface area contributed by atoms with E-state index in [1.807, 2.05) is 27.7 Å². The smallest absolute Gasteiger partial charge is 0.132 e. The highest BCUT2D eigenvalue weighted by molar-refractivity contribution is 8.59. The fourth-order valence-corrected chi connectivity index (χ4v) is 1.07. The number of hydrogen-bond donors (Lipinski definition) is 4. The molecule has 0 heterocycles. The summed E-state index contributed by atoms with van der Waals surface area (Å²) in [7, 11) is 0. The van der Waals surface area contributed by atoms with Gasteiger partial charge in [-0.3, -0.25) is 9.98 Å². The molecule has 0 aromatic rings. The molecule has 22 heavy (non-hydrogen) atoms. The number of rotatable bonds is 8. The van der Waals surface area contributed by atoms with E-state index >= 15 is 0 Å². The van der Waals surface area contributed by atoms with Crippen LogP contribution in [0.25, 0.3) is 0 Å². The minimum atomic E-state index is -0.695. The van der Waals surface area contributed by atoms with Gasteiger partial charge in [0.25, 0.3) is 0 Å². The van der Waals surface area contributed by atoms with Crippen molar-refractivity contribution in [3.63, 3.8) is 0 Å². The normalized spacial score (nSPS) is 13.5. The minimum Gasteiger partial charge on any atom is -0.385 e. The molecule has 0 aromatic carbocycles. The third kappa shape index (κ3) is 8.89. The fourth-order valence-electron chi connectivity index (χ4n) is 1.07. The molecule has 0 fully saturated rings. The van der Waals surface area contributed by atoms with Crippen molar-refractivity contribution < 1.29 is 0 Å². The zero-order chi connectivity index (χ0) is 17.8. The molecule has 0 aliphatic heterocycles. The molecule has 0 aliphatic carbocycles. The Kier molecular flexibility index (Phi) is 11.8. The van der Waals surface area contributed by atoms with Crippen molar-refractivity contribution in [3.8, 4) is 0 Å². The first-order chi connectivity index (χ1) is 10.2. The lowest BCUT2D eigenvalue weighted by molar-refractivity contribution is 0.558. The summed E-state index contributed by atoms with van der Waals surface area (Å²) in [6, 6.07) is 0. The maximum absolute atomic E-state index is 5.90. The van der Waals surface area contributed by atoms with Crippen molar-refractivity contribution in [3.05, 3.63) is 25.3 Å². The first kappa shape index (κ1) is 23.0. The van der Waals surface area contributed by atoms with E-state index in [0.717, 1.165) is 0 Å². The monoisotopic (exact) mass is 344 g/mol. The summed E-state index contributed by atoms with van der Waals surface area (Å²) in [4.78, 5) is 8.31. The molecule has 0 spiro atoms. The van der Waals surface area contributed by atoms with Gasteiger partial charge in [0.1, 0.15) is 22.7 Å². The third-order valence-electron chi connectivity index (χ3n) is 2.59. The second-order valence-electron chi connectivity index (χ2n) is 5.35. The average molecular weight is 345 g/mol. The van der Waals surface area contributed by atoms with Crippen molar-refractivity contribution in [2.24, 2.45) is 31.7 Å². The summed E-state index contributed by atoms with van der Waals surface area (Å²) in [5.41, 5.74) is 10.4. The number of amidine groups is 2. The number of hydrogen-bond acceptors (Lipinski definition) is 6. The second kappa shape index (κ2) is 11.3. The Morgan fingerprint density at radius 3 is 1.36 bits per heavy atom. The Morgan fingerprint density at radius 1 is 0.864 bits per heavy atom. The molecule has 0 aromatic heterocycles. The van der Waals surface area contributed by atoms with Crippen molar-refractivity contribution in [1.82, 2.24) is 0 Å². The van der Waals surface area contributed by atoms with Gasteiger partial charge in [-0.2, -0.15) is 10.2 Å². The molecular weight excluding hydrogens is 316 g/mol. The zero-order valence-corrected chi connectivity index (χ0v) is 15.6. The van der Waals surface area contributed by atoms with E-state index in [-0.39, 0.29) is 0 Å². The van der Waals surface area contributed by atoms with E-state index < -0.39 is 11.1 Å². The van der Waals surface area contributed by atoms with Crippen LogP contribution in [0.4, 0.5) is 0 Å². The number of aliphatic imine (C=N–C) groups is 2. The first-order valence-corrected chi connectivity index (χ1v) is 8.24. The second-order valence-corrected chi connectivity index (χ2v) is 5.35. The van der Waals surface area contributed by atoms with Crippen LogP contribution >= 0.6 is 23.3 Å². The van der Waals surface area contributed by atoms with Crippen molar-refractivity contribution in [2.45, 2.75) is 38.8 Å². The van der Waals surface area contributed by atoms with Crippen LogP contribution in [0.3, 0.4) is 0 Å². The van der Waals surface area contributed by atoms with Gasteiger partial charge >= 0.3 is 0 Å². The molecule has 0 unspecified atom stereocenters. The minimum absolute atomic E-state index is 0.401. The van der Waals surface area contributed by atoms with Gasteiger partial charge in [-0.25, -0.2) is 0 Å². The lowest BCUT2D eigenvalue weighted by atomic mass is 10.0. The van der Waals surface area contributed by atoms with E-state index in [9.17, 15) is 0 Å². The van der Waals surface area contributed by atoms with Crippen molar-refractivity contribution >= 4 is 35.0 Å².